The fraction of sp³-hybridized carbons (Fsp3) is 0.324. The maximum absolute atomic E-state index is 13.7. The number of piperidine rings is 1. The van der Waals surface area contributed by atoms with Crippen molar-refractivity contribution >= 4 is 28.2 Å². The summed E-state index contributed by atoms with van der Waals surface area (Å²) in [5, 5.41) is 22.6. The van der Waals surface area contributed by atoms with Gasteiger partial charge in [0.1, 0.15) is 5.82 Å². The summed E-state index contributed by atoms with van der Waals surface area (Å²) in [4.78, 5) is 16.0. The van der Waals surface area contributed by atoms with Crippen molar-refractivity contribution in [2.75, 3.05) is 23.3 Å². The van der Waals surface area contributed by atoms with E-state index in [-0.39, 0.29) is 23.9 Å². The van der Waals surface area contributed by atoms with Gasteiger partial charge < -0.3 is 15.3 Å². The molecule has 0 bridgehead atoms. The summed E-state index contributed by atoms with van der Waals surface area (Å²) in [6.45, 7) is 8.87. The molecule has 2 aromatic heterocycles. The van der Waals surface area contributed by atoms with Crippen molar-refractivity contribution in [1.29, 1.82) is 0 Å². The maximum atomic E-state index is 13.7. The molecule has 1 amide bonds. The van der Waals surface area contributed by atoms with Gasteiger partial charge in [-0.2, -0.15) is 10.2 Å². The zero-order chi connectivity index (χ0) is 30.1. The lowest BCUT2D eigenvalue weighted by molar-refractivity contribution is 0.102. The minimum atomic E-state index is -0.381. The Morgan fingerprint density at radius 1 is 0.977 bits per heavy atom. The van der Waals surface area contributed by atoms with Crippen LogP contribution in [0.1, 0.15) is 49.5 Å². The Hall–Kier alpha value is -4.50. The Balaban J connectivity index is 1.18. The summed E-state index contributed by atoms with van der Waals surface area (Å²) in [5.41, 5.74) is 5.18. The van der Waals surface area contributed by atoms with Gasteiger partial charge in [-0.3, -0.25) is 14.2 Å². The van der Waals surface area contributed by atoms with Gasteiger partial charge in [-0.15, -0.1) is 0 Å². The molecule has 0 atom stereocenters. The number of halogens is 1. The Kier molecular flexibility index (Phi) is 7.75. The molecule has 1 fully saturated rings. The number of hydrogen-bond donors (Lipinski definition) is 2. The zero-order valence-corrected chi connectivity index (χ0v) is 24.8. The van der Waals surface area contributed by atoms with Crippen molar-refractivity contribution in [1.82, 2.24) is 19.6 Å². The Labute approximate surface area is 250 Å². The van der Waals surface area contributed by atoms with Crippen LogP contribution >= 0.6 is 0 Å². The molecule has 1 aliphatic rings. The first-order valence-corrected chi connectivity index (χ1v) is 14.8. The molecule has 3 aromatic carbocycles. The zero-order valence-electron chi connectivity index (χ0n) is 24.8. The lowest BCUT2D eigenvalue weighted by atomic mass is 9.96. The normalized spacial score (nSPS) is 14.4. The van der Waals surface area contributed by atoms with Crippen LogP contribution in [0.3, 0.4) is 0 Å². The van der Waals surface area contributed by atoms with Gasteiger partial charge in [0.05, 0.1) is 41.3 Å². The molecule has 0 unspecified atom stereocenters. The topological polar surface area (TPSA) is 88.2 Å². The highest BCUT2D eigenvalue weighted by atomic mass is 19.1. The minimum absolute atomic E-state index is 0.0601. The number of fused-ring (bicyclic) bond motifs is 1. The lowest BCUT2D eigenvalue weighted by Crippen LogP contribution is -2.35. The number of amides is 1. The van der Waals surface area contributed by atoms with Crippen LogP contribution in [0.4, 0.5) is 15.8 Å². The quantitative estimate of drug-likeness (QED) is 0.231. The van der Waals surface area contributed by atoms with Crippen molar-refractivity contribution in [3.8, 4) is 11.3 Å². The summed E-state index contributed by atoms with van der Waals surface area (Å²) < 4.78 is 17.5. The molecule has 0 aliphatic carbocycles. The van der Waals surface area contributed by atoms with Crippen LogP contribution in [-0.2, 0) is 18.7 Å². The van der Waals surface area contributed by atoms with Crippen LogP contribution in [0.2, 0.25) is 0 Å². The summed E-state index contributed by atoms with van der Waals surface area (Å²) in [5.74, 6) is -0.115. The predicted octanol–water partition coefficient (Wildman–Crippen LogP) is 6.46. The largest absolute Gasteiger partial charge is 0.392 e. The second kappa shape index (κ2) is 11.6. The first-order chi connectivity index (χ1) is 20.7. The van der Waals surface area contributed by atoms with E-state index in [0.717, 1.165) is 54.5 Å². The van der Waals surface area contributed by atoms with Gasteiger partial charge in [0.2, 0.25) is 0 Å². The van der Waals surface area contributed by atoms with Crippen LogP contribution in [0.5, 0.6) is 0 Å². The van der Waals surface area contributed by atoms with Gasteiger partial charge in [-0.25, -0.2) is 4.39 Å². The number of aliphatic hydroxyl groups excluding tert-OH is 1. The van der Waals surface area contributed by atoms with Crippen molar-refractivity contribution in [2.24, 2.45) is 5.92 Å². The van der Waals surface area contributed by atoms with Crippen molar-refractivity contribution in [3.63, 3.8) is 0 Å². The molecule has 6 rings (SSSR count). The van der Waals surface area contributed by atoms with Gasteiger partial charge in [0.15, 0.2) is 0 Å². The highest BCUT2D eigenvalue weighted by molar-refractivity contribution is 6.08. The number of carbonyl (C=O) groups excluding carboxylic acids is 1. The molecule has 222 valence electrons. The first-order valence-electron chi connectivity index (χ1n) is 14.8. The standard InChI is InChI=1S/C34H37FN6O2/c1-34(2,3)41-32(25-6-9-27(35)10-7-25)30(20-37-41)33(43)38-28-11-8-26-19-36-40(31(26)18-28)21-23-14-16-39(17-15-23)29-12-4-24(22-42)5-13-29/h4-13,18-20,23,42H,14-17,21-22H2,1-3H3,(H,38,43). The smallest absolute Gasteiger partial charge is 0.259 e. The summed E-state index contributed by atoms with van der Waals surface area (Å²) in [6, 6.07) is 20.1. The van der Waals surface area contributed by atoms with Crippen molar-refractivity contribution in [2.45, 2.75) is 52.3 Å². The van der Waals surface area contributed by atoms with E-state index < -0.39 is 0 Å². The minimum Gasteiger partial charge on any atom is -0.392 e. The average molecular weight is 581 g/mol. The highest BCUT2D eigenvalue weighted by Gasteiger charge is 2.26. The van der Waals surface area contributed by atoms with E-state index in [9.17, 15) is 14.3 Å². The van der Waals surface area contributed by atoms with Crippen LogP contribution in [0.25, 0.3) is 22.2 Å². The molecule has 5 aromatic rings. The molecule has 0 spiro atoms. The first kappa shape index (κ1) is 28.6. The second-order valence-corrected chi connectivity index (χ2v) is 12.3. The molecule has 0 radical (unpaired) electrons. The van der Waals surface area contributed by atoms with Gasteiger partial charge in [0.25, 0.3) is 5.91 Å². The number of benzene rings is 3. The number of rotatable bonds is 7. The maximum Gasteiger partial charge on any atom is 0.259 e. The number of aliphatic hydroxyl groups is 1. The number of hydrogen-bond acceptors (Lipinski definition) is 5. The van der Waals surface area contributed by atoms with E-state index in [4.69, 9.17) is 0 Å². The Morgan fingerprint density at radius 3 is 2.37 bits per heavy atom. The number of carbonyl (C=O) groups is 1. The van der Waals surface area contributed by atoms with E-state index >= 15 is 0 Å². The van der Waals surface area contributed by atoms with E-state index in [2.05, 4.69) is 32.5 Å². The number of aromatic nitrogens is 4. The summed E-state index contributed by atoms with van der Waals surface area (Å²) >= 11 is 0. The van der Waals surface area contributed by atoms with Gasteiger partial charge in [0, 0.05) is 42.0 Å². The number of anilines is 2. The van der Waals surface area contributed by atoms with Crippen molar-refractivity contribution in [3.05, 3.63) is 96.1 Å². The Bertz CT molecular complexity index is 1730. The summed E-state index contributed by atoms with van der Waals surface area (Å²) in [6.07, 6.45) is 5.57. The molecule has 1 saturated heterocycles. The lowest BCUT2D eigenvalue weighted by Gasteiger charge is -2.33. The SMILES string of the molecule is CC(C)(C)n1ncc(C(=O)Nc2ccc3cnn(CC4CCN(c5ccc(CO)cc5)CC4)c3c2)c1-c1ccc(F)cc1. The van der Waals surface area contributed by atoms with Crippen LogP contribution in [0.15, 0.2) is 79.1 Å². The monoisotopic (exact) mass is 580 g/mol. The van der Waals surface area contributed by atoms with Gasteiger partial charge in [-0.1, -0.05) is 12.1 Å². The highest BCUT2D eigenvalue weighted by Crippen LogP contribution is 2.31. The van der Waals surface area contributed by atoms with Crippen LogP contribution in [-0.4, -0.2) is 43.7 Å². The second-order valence-electron chi connectivity index (χ2n) is 12.3. The van der Waals surface area contributed by atoms with Crippen LogP contribution in [0, 0.1) is 11.7 Å². The summed E-state index contributed by atoms with van der Waals surface area (Å²) in [7, 11) is 0. The molecular weight excluding hydrogens is 543 g/mol. The van der Waals surface area contributed by atoms with Crippen LogP contribution < -0.4 is 10.2 Å². The van der Waals surface area contributed by atoms with Gasteiger partial charge in [-0.05, 0) is 99.7 Å². The van der Waals surface area contributed by atoms with E-state index in [1.165, 1.54) is 17.8 Å². The molecule has 3 heterocycles. The molecule has 43 heavy (non-hydrogen) atoms. The Morgan fingerprint density at radius 2 is 1.70 bits per heavy atom. The third kappa shape index (κ3) is 6.03. The third-order valence-corrected chi connectivity index (χ3v) is 8.20. The van der Waals surface area contributed by atoms with E-state index in [1.807, 2.05) is 66.7 Å². The fourth-order valence-corrected chi connectivity index (χ4v) is 5.83. The number of nitrogens with zero attached hydrogens (tertiary/aromatic N) is 5. The molecular formula is C34H37FN6O2. The van der Waals surface area contributed by atoms with E-state index in [0.29, 0.717) is 22.9 Å². The molecule has 1 aliphatic heterocycles. The molecule has 8 nitrogen and oxygen atoms in total. The molecule has 9 heteroatoms. The number of nitrogens with one attached hydrogen (secondary N) is 1. The molecule has 0 saturated carbocycles. The molecule has 2 N–H and O–H groups in total. The van der Waals surface area contributed by atoms with Gasteiger partial charge >= 0.3 is 0 Å². The third-order valence-electron chi connectivity index (χ3n) is 8.20. The van der Waals surface area contributed by atoms with E-state index in [1.54, 1.807) is 18.3 Å². The average Bonchev–Trinajstić information content (AvgIpc) is 3.63. The fourth-order valence-electron chi connectivity index (χ4n) is 5.83. The van der Waals surface area contributed by atoms with Crippen molar-refractivity contribution < 1.29 is 14.3 Å². The predicted molar refractivity (Wildman–Crippen MR) is 168 cm³/mol.